The summed E-state index contributed by atoms with van der Waals surface area (Å²) in [5, 5.41) is 0. The smallest absolute Gasteiger partial charge is 0.181 e. The molecule has 2 rings (SSSR count). The number of benzene rings is 1. The molecule has 0 spiro atoms. The van der Waals surface area contributed by atoms with Crippen molar-refractivity contribution in [3.05, 3.63) is 29.3 Å². The third-order valence-electron chi connectivity index (χ3n) is 4.48. The minimum Gasteiger partial charge on any atom is -0.412 e. The number of carbonyl (C=O) groups is 2. The highest BCUT2D eigenvalue weighted by Gasteiger charge is 2.55. The van der Waals surface area contributed by atoms with Crippen LogP contribution in [0.4, 0.5) is 0 Å². The summed E-state index contributed by atoms with van der Waals surface area (Å²) >= 11 is 0. The maximum absolute atomic E-state index is 13.1. The summed E-state index contributed by atoms with van der Waals surface area (Å²) in [4.78, 5) is 30.9. The van der Waals surface area contributed by atoms with Gasteiger partial charge in [-0.25, -0.2) is 0 Å². The lowest BCUT2D eigenvalue weighted by molar-refractivity contribution is -0.195. The molecule has 132 valence electrons. The largest absolute Gasteiger partial charge is 0.412 e. The van der Waals surface area contributed by atoms with E-state index in [2.05, 4.69) is 0 Å². The van der Waals surface area contributed by atoms with Gasteiger partial charge < -0.3 is 14.3 Å². The molecule has 1 fully saturated rings. The Bertz CT molecular complexity index is 655. The molecule has 0 aliphatic carbocycles. The van der Waals surface area contributed by atoms with Gasteiger partial charge in [-0.2, -0.15) is 5.90 Å². The van der Waals surface area contributed by atoms with Crippen molar-refractivity contribution >= 4 is 11.6 Å². The molecule has 1 heterocycles. The van der Waals surface area contributed by atoms with Crippen molar-refractivity contribution in [1.82, 2.24) is 0 Å². The molecule has 6 heteroatoms. The van der Waals surface area contributed by atoms with Gasteiger partial charge in [0, 0.05) is 7.11 Å². The molecule has 0 bridgehead atoms. The van der Waals surface area contributed by atoms with Crippen LogP contribution in [0.25, 0.3) is 0 Å². The highest BCUT2D eigenvalue weighted by atomic mass is 16.6. The fraction of sp³-hybridized carbons (Fsp3) is 0.556. The van der Waals surface area contributed by atoms with E-state index in [0.29, 0.717) is 17.7 Å². The molecule has 1 aliphatic rings. The van der Waals surface area contributed by atoms with Gasteiger partial charge in [-0.05, 0) is 50.5 Å². The number of nitrogens with two attached hydrogens (primary N) is 1. The number of carbonyl (C=O) groups excluding carboxylic acids is 2. The van der Waals surface area contributed by atoms with E-state index < -0.39 is 17.1 Å². The molecular weight excluding hydrogens is 310 g/mol. The number of aryl methyl sites for hydroxylation is 1. The normalized spacial score (nSPS) is 26.5. The van der Waals surface area contributed by atoms with Crippen LogP contribution >= 0.6 is 0 Å². The molecule has 2 N–H and O–H groups in total. The van der Waals surface area contributed by atoms with Crippen molar-refractivity contribution in [2.45, 2.75) is 51.2 Å². The lowest BCUT2D eigenvalue weighted by atomic mass is 9.73. The molecule has 24 heavy (non-hydrogen) atoms. The number of rotatable bonds is 5. The lowest BCUT2D eigenvalue weighted by Gasteiger charge is -2.44. The zero-order valence-corrected chi connectivity index (χ0v) is 14.8. The van der Waals surface area contributed by atoms with E-state index in [4.69, 9.17) is 20.2 Å². The monoisotopic (exact) mass is 335 g/mol. The van der Waals surface area contributed by atoms with Gasteiger partial charge >= 0.3 is 0 Å². The van der Waals surface area contributed by atoms with Crippen molar-refractivity contribution in [3.8, 4) is 5.75 Å². The second kappa shape index (κ2) is 6.63. The van der Waals surface area contributed by atoms with Gasteiger partial charge in [-0.1, -0.05) is 13.0 Å². The van der Waals surface area contributed by atoms with Crippen molar-refractivity contribution in [1.29, 1.82) is 0 Å². The summed E-state index contributed by atoms with van der Waals surface area (Å²) < 4.78 is 11.0. The van der Waals surface area contributed by atoms with E-state index in [-0.39, 0.29) is 18.2 Å². The van der Waals surface area contributed by atoms with Crippen LogP contribution < -0.4 is 10.7 Å². The van der Waals surface area contributed by atoms with Crippen LogP contribution in [-0.4, -0.2) is 36.5 Å². The molecule has 1 aliphatic heterocycles. The number of hydrogen-bond acceptors (Lipinski definition) is 6. The van der Waals surface area contributed by atoms with Gasteiger partial charge in [0.25, 0.3) is 0 Å². The Morgan fingerprint density at radius 2 is 1.88 bits per heavy atom. The molecule has 0 radical (unpaired) electrons. The van der Waals surface area contributed by atoms with Gasteiger partial charge in [0.15, 0.2) is 11.6 Å². The summed E-state index contributed by atoms with van der Waals surface area (Å²) in [7, 11) is 1.50. The summed E-state index contributed by atoms with van der Waals surface area (Å²) in [6.45, 7) is 7.06. The molecular formula is C18H25NO5. The Labute approximate surface area is 142 Å². The standard InChI is InChI=1S/C18H25NO5/c1-6-11-7-8-12(23-19)9-13(11)14-15(20)17(2,3)24-18(4,10-22-5)16(14)21/h7-9,14H,6,10,19H2,1-5H3. The van der Waals surface area contributed by atoms with E-state index in [1.807, 2.05) is 13.0 Å². The molecule has 0 aromatic heterocycles. The van der Waals surface area contributed by atoms with Crippen LogP contribution in [0.2, 0.25) is 0 Å². The fourth-order valence-electron chi connectivity index (χ4n) is 3.33. The maximum Gasteiger partial charge on any atom is 0.181 e. The number of ether oxygens (including phenoxy) is 2. The number of ketones is 2. The molecule has 1 aromatic carbocycles. The lowest BCUT2D eigenvalue weighted by Crippen LogP contribution is -2.61. The first-order valence-corrected chi connectivity index (χ1v) is 7.97. The molecule has 0 amide bonds. The molecule has 2 unspecified atom stereocenters. The maximum atomic E-state index is 13.1. The number of methoxy groups -OCH3 is 1. The quantitative estimate of drug-likeness (QED) is 0.653. The second-order valence-corrected chi connectivity index (χ2v) is 6.77. The molecule has 2 atom stereocenters. The van der Waals surface area contributed by atoms with Gasteiger partial charge in [0.05, 0.1) is 6.61 Å². The van der Waals surface area contributed by atoms with Crippen LogP contribution in [0, 0.1) is 0 Å². The van der Waals surface area contributed by atoms with Gasteiger partial charge in [-0.3, -0.25) is 9.59 Å². The highest BCUT2D eigenvalue weighted by molar-refractivity contribution is 6.15. The minimum atomic E-state index is -1.19. The van der Waals surface area contributed by atoms with E-state index in [9.17, 15) is 9.59 Å². The average Bonchev–Trinajstić information content (AvgIpc) is 2.53. The predicted molar refractivity (Wildman–Crippen MR) is 88.8 cm³/mol. The van der Waals surface area contributed by atoms with Gasteiger partial charge in [-0.15, -0.1) is 0 Å². The number of hydrogen-bond donors (Lipinski definition) is 1. The molecule has 6 nitrogen and oxygen atoms in total. The summed E-state index contributed by atoms with van der Waals surface area (Å²) in [5.74, 6) is 4.14. The first-order valence-electron chi connectivity index (χ1n) is 7.97. The predicted octanol–water partition coefficient (Wildman–Crippen LogP) is 1.94. The Morgan fingerprint density at radius 3 is 2.42 bits per heavy atom. The van der Waals surface area contributed by atoms with E-state index in [0.717, 1.165) is 5.56 Å². The summed E-state index contributed by atoms with van der Waals surface area (Å²) in [6.07, 6.45) is 0.680. The van der Waals surface area contributed by atoms with E-state index in [1.165, 1.54) is 7.11 Å². The highest BCUT2D eigenvalue weighted by Crippen LogP contribution is 2.40. The third-order valence-corrected chi connectivity index (χ3v) is 4.48. The number of Topliss-reactive ketones (excluding diaryl/α,β-unsaturated/α-hetero) is 2. The van der Waals surface area contributed by atoms with Crippen LogP contribution in [0.1, 0.15) is 44.7 Å². The topological polar surface area (TPSA) is 87.8 Å². The van der Waals surface area contributed by atoms with E-state index >= 15 is 0 Å². The Kier molecular flexibility index (Phi) is 5.13. The Morgan fingerprint density at radius 1 is 1.21 bits per heavy atom. The van der Waals surface area contributed by atoms with Crippen molar-refractivity contribution in [2.75, 3.05) is 13.7 Å². The van der Waals surface area contributed by atoms with Gasteiger partial charge in [0.2, 0.25) is 0 Å². The van der Waals surface area contributed by atoms with Crippen LogP contribution in [-0.2, 0) is 25.5 Å². The third kappa shape index (κ3) is 3.09. The Hall–Kier alpha value is -1.76. The molecule has 1 saturated heterocycles. The minimum absolute atomic E-state index is 0.0770. The van der Waals surface area contributed by atoms with Crippen LogP contribution in [0.15, 0.2) is 18.2 Å². The van der Waals surface area contributed by atoms with Crippen molar-refractivity contribution in [2.24, 2.45) is 5.90 Å². The molecule has 1 aromatic rings. The van der Waals surface area contributed by atoms with Crippen molar-refractivity contribution in [3.63, 3.8) is 0 Å². The average molecular weight is 335 g/mol. The zero-order valence-electron chi connectivity index (χ0n) is 14.8. The summed E-state index contributed by atoms with van der Waals surface area (Å²) in [6, 6.07) is 5.21. The fourth-order valence-corrected chi connectivity index (χ4v) is 3.33. The second-order valence-electron chi connectivity index (χ2n) is 6.77. The molecule has 0 saturated carbocycles. The SMILES string of the molecule is CCc1ccc(ON)cc1C1C(=O)C(C)(C)OC(C)(COC)C1=O. The summed E-state index contributed by atoms with van der Waals surface area (Å²) in [5.41, 5.74) is -0.771. The van der Waals surface area contributed by atoms with E-state index in [1.54, 1.807) is 32.9 Å². The van der Waals surface area contributed by atoms with Gasteiger partial charge in [0.1, 0.15) is 22.9 Å². The van der Waals surface area contributed by atoms with Crippen LogP contribution in [0.3, 0.4) is 0 Å². The Balaban J connectivity index is 2.61. The zero-order chi connectivity index (χ0) is 18.1. The first kappa shape index (κ1) is 18.6. The van der Waals surface area contributed by atoms with Crippen molar-refractivity contribution < 1.29 is 23.9 Å². The van der Waals surface area contributed by atoms with Crippen LogP contribution in [0.5, 0.6) is 5.75 Å². The first-order chi connectivity index (χ1) is 11.2.